The summed E-state index contributed by atoms with van der Waals surface area (Å²) in [6.45, 7) is 5.46. The third-order valence-electron chi connectivity index (χ3n) is 3.78. The van der Waals surface area contributed by atoms with Gasteiger partial charge in [0.25, 0.3) is 5.91 Å². The molecular weight excluding hydrogens is 352 g/mol. The number of amides is 2. The number of hydrogen-bond acceptors (Lipinski definition) is 6. The third kappa shape index (κ3) is 6.47. The number of fused-ring (bicyclic) bond motifs is 1. The van der Waals surface area contributed by atoms with Crippen molar-refractivity contribution >= 4 is 17.8 Å². The maximum Gasteiger partial charge on any atom is 0.344 e. The van der Waals surface area contributed by atoms with E-state index in [0.29, 0.717) is 18.0 Å². The minimum absolute atomic E-state index is 0.157. The number of nitrogens with one attached hydrogen (secondary N) is 2. The van der Waals surface area contributed by atoms with Crippen LogP contribution < -0.4 is 20.1 Å². The molecule has 2 amide bonds. The summed E-state index contributed by atoms with van der Waals surface area (Å²) < 4.78 is 16.2. The fraction of sp³-hybridized carbons (Fsp3) is 0.526. The van der Waals surface area contributed by atoms with Gasteiger partial charge in [0, 0.05) is 18.5 Å². The van der Waals surface area contributed by atoms with Gasteiger partial charge in [0.2, 0.25) is 5.91 Å². The highest BCUT2D eigenvalue weighted by molar-refractivity contribution is 5.86. The molecule has 0 fully saturated rings. The van der Waals surface area contributed by atoms with E-state index in [4.69, 9.17) is 14.2 Å². The zero-order valence-corrected chi connectivity index (χ0v) is 15.9. The summed E-state index contributed by atoms with van der Waals surface area (Å²) >= 11 is 0. The average molecular weight is 378 g/mol. The van der Waals surface area contributed by atoms with E-state index in [9.17, 15) is 14.4 Å². The van der Waals surface area contributed by atoms with Gasteiger partial charge in [-0.3, -0.25) is 9.59 Å². The molecule has 0 saturated carbocycles. The fourth-order valence-electron chi connectivity index (χ4n) is 2.58. The molecule has 1 aliphatic heterocycles. The summed E-state index contributed by atoms with van der Waals surface area (Å²) in [6.07, 6.45) is 1.57. The SMILES string of the molecule is CCCNC(=O)CNC(=O)COC(=O)COc1cccc2c1OC(C)(C)C2. The number of hydrogen-bond donors (Lipinski definition) is 2. The number of para-hydroxylation sites is 1. The van der Waals surface area contributed by atoms with Gasteiger partial charge in [-0.25, -0.2) is 4.79 Å². The van der Waals surface area contributed by atoms with Crippen LogP contribution in [0.4, 0.5) is 0 Å². The van der Waals surface area contributed by atoms with Crippen LogP contribution in [0.5, 0.6) is 11.5 Å². The Morgan fingerprint density at radius 1 is 1.15 bits per heavy atom. The molecule has 1 heterocycles. The van der Waals surface area contributed by atoms with Gasteiger partial charge in [0.15, 0.2) is 24.7 Å². The maximum absolute atomic E-state index is 11.8. The molecule has 0 radical (unpaired) electrons. The topological polar surface area (TPSA) is 103 Å². The van der Waals surface area contributed by atoms with Gasteiger partial charge in [-0.2, -0.15) is 0 Å². The molecule has 1 aromatic carbocycles. The van der Waals surface area contributed by atoms with Gasteiger partial charge in [0.05, 0.1) is 6.54 Å². The van der Waals surface area contributed by atoms with Crippen molar-refractivity contribution in [3.05, 3.63) is 23.8 Å². The van der Waals surface area contributed by atoms with Gasteiger partial charge in [-0.05, 0) is 26.3 Å². The molecule has 0 unspecified atom stereocenters. The summed E-state index contributed by atoms with van der Waals surface area (Å²) in [6, 6.07) is 5.51. The second kappa shape index (κ2) is 9.25. The highest BCUT2D eigenvalue weighted by Gasteiger charge is 2.32. The molecule has 1 aliphatic rings. The van der Waals surface area contributed by atoms with Crippen molar-refractivity contribution < 1.29 is 28.6 Å². The molecule has 0 aromatic heterocycles. The Morgan fingerprint density at radius 3 is 2.67 bits per heavy atom. The normalized spacial score (nSPS) is 13.9. The number of carbonyl (C=O) groups excluding carboxylic acids is 3. The molecule has 27 heavy (non-hydrogen) atoms. The Kier molecular flexibility index (Phi) is 7.04. The van der Waals surface area contributed by atoms with Crippen LogP contribution in [-0.4, -0.2) is 49.7 Å². The predicted octanol–water partition coefficient (Wildman–Crippen LogP) is 0.964. The van der Waals surface area contributed by atoms with Crippen molar-refractivity contribution in [1.29, 1.82) is 0 Å². The van der Waals surface area contributed by atoms with Crippen molar-refractivity contribution in [2.24, 2.45) is 0 Å². The van der Waals surface area contributed by atoms with Crippen LogP contribution >= 0.6 is 0 Å². The highest BCUT2D eigenvalue weighted by Crippen LogP contribution is 2.41. The van der Waals surface area contributed by atoms with Crippen molar-refractivity contribution in [2.45, 2.75) is 39.2 Å². The Labute approximate surface area is 158 Å². The molecule has 0 aliphatic carbocycles. The number of benzene rings is 1. The Balaban J connectivity index is 1.71. The smallest absolute Gasteiger partial charge is 0.344 e. The summed E-state index contributed by atoms with van der Waals surface area (Å²) in [4.78, 5) is 34.8. The lowest BCUT2D eigenvalue weighted by atomic mass is 10.0. The molecule has 2 rings (SSSR count). The average Bonchev–Trinajstić information content (AvgIpc) is 2.95. The van der Waals surface area contributed by atoms with Crippen molar-refractivity contribution in [2.75, 3.05) is 26.3 Å². The van der Waals surface area contributed by atoms with Crippen LogP contribution in [0.2, 0.25) is 0 Å². The second-order valence-electron chi connectivity index (χ2n) is 6.86. The van der Waals surface area contributed by atoms with Gasteiger partial charge >= 0.3 is 5.97 Å². The zero-order chi connectivity index (χ0) is 19.9. The number of esters is 1. The Bertz CT molecular complexity index is 701. The van der Waals surface area contributed by atoms with Crippen LogP contribution in [0.3, 0.4) is 0 Å². The molecule has 8 nitrogen and oxygen atoms in total. The fourth-order valence-corrected chi connectivity index (χ4v) is 2.58. The van der Waals surface area contributed by atoms with E-state index in [-0.39, 0.29) is 24.7 Å². The minimum atomic E-state index is -0.685. The first-order chi connectivity index (χ1) is 12.8. The van der Waals surface area contributed by atoms with E-state index in [2.05, 4.69) is 10.6 Å². The van der Waals surface area contributed by atoms with E-state index in [1.165, 1.54) is 0 Å². The van der Waals surface area contributed by atoms with Crippen LogP contribution in [0.1, 0.15) is 32.8 Å². The van der Waals surface area contributed by atoms with E-state index in [1.54, 1.807) is 6.07 Å². The van der Waals surface area contributed by atoms with Gasteiger partial charge in [-0.1, -0.05) is 19.1 Å². The molecule has 2 N–H and O–H groups in total. The summed E-state index contributed by atoms with van der Waals surface area (Å²) in [5.41, 5.74) is 0.704. The van der Waals surface area contributed by atoms with Crippen LogP contribution in [0, 0.1) is 0 Å². The third-order valence-corrected chi connectivity index (χ3v) is 3.78. The summed E-state index contributed by atoms with van der Waals surface area (Å²) in [5, 5.41) is 5.00. The van der Waals surface area contributed by atoms with Crippen LogP contribution in [0.15, 0.2) is 18.2 Å². The predicted molar refractivity (Wildman–Crippen MR) is 97.6 cm³/mol. The van der Waals surface area contributed by atoms with E-state index in [0.717, 1.165) is 18.4 Å². The first-order valence-corrected chi connectivity index (χ1v) is 8.93. The van der Waals surface area contributed by atoms with Crippen molar-refractivity contribution in [1.82, 2.24) is 10.6 Å². The number of ether oxygens (including phenoxy) is 3. The quantitative estimate of drug-likeness (QED) is 0.621. The molecular formula is C19H26N2O6. The van der Waals surface area contributed by atoms with Crippen LogP contribution in [0.25, 0.3) is 0 Å². The van der Waals surface area contributed by atoms with E-state index < -0.39 is 18.5 Å². The Morgan fingerprint density at radius 2 is 1.93 bits per heavy atom. The molecule has 148 valence electrons. The molecule has 8 heteroatoms. The lowest BCUT2D eigenvalue weighted by Gasteiger charge is -2.18. The van der Waals surface area contributed by atoms with Gasteiger partial charge in [0.1, 0.15) is 5.60 Å². The minimum Gasteiger partial charge on any atom is -0.483 e. The lowest BCUT2D eigenvalue weighted by Crippen LogP contribution is -2.39. The molecule has 0 bridgehead atoms. The van der Waals surface area contributed by atoms with Crippen LogP contribution in [-0.2, 0) is 25.5 Å². The van der Waals surface area contributed by atoms with E-state index in [1.807, 2.05) is 32.9 Å². The number of carbonyl (C=O) groups is 3. The van der Waals surface area contributed by atoms with Crippen molar-refractivity contribution in [3.8, 4) is 11.5 Å². The molecule has 0 spiro atoms. The summed E-state index contributed by atoms with van der Waals surface area (Å²) in [7, 11) is 0. The van der Waals surface area contributed by atoms with Crippen molar-refractivity contribution in [3.63, 3.8) is 0 Å². The zero-order valence-electron chi connectivity index (χ0n) is 15.9. The molecule has 1 aromatic rings. The molecule has 0 atom stereocenters. The summed E-state index contributed by atoms with van der Waals surface area (Å²) in [5.74, 6) is -0.435. The van der Waals surface area contributed by atoms with E-state index >= 15 is 0 Å². The van der Waals surface area contributed by atoms with Gasteiger partial charge < -0.3 is 24.8 Å². The number of rotatable bonds is 9. The second-order valence-corrected chi connectivity index (χ2v) is 6.86. The first-order valence-electron chi connectivity index (χ1n) is 8.93. The maximum atomic E-state index is 11.8. The standard InChI is InChI=1S/C19H26N2O6/c1-4-8-20-15(22)10-21-16(23)11-26-17(24)12-25-14-7-5-6-13-9-19(2,3)27-18(13)14/h5-7H,4,8-12H2,1-3H3,(H,20,22)(H,21,23). The van der Waals surface area contributed by atoms with Gasteiger partial charge in [-0.15, -0.1) is 0 Å². The highest BCUT2D eigenvalue weighted by atomic mass is 16.6. The lowest BCUT2D eigenvalue weighted by molar-refractivity contribution is -0.150. The first kappa shape index (κ1) is 20.5. The largest absolute Gasteiger partial charge is 0.483 e. The monoisotopic (exact) mass is 378 g/mol. The molecule has 0 saturated heterocycles. The Hall–Kier alpha value is -2.77.